The molecule has 6 heteroatoms. The lowest BCUT2D eigenvalue weighted by Gasteiger charge is -2.16. The molecular formula is C11H17ClN2O2S. The van der Waals surface area contributed by atoms with Gasteiger partial charge >= 0.3 is 6.03 Å². The second kappa shape index (κ2) is 6.83. The molecule has 1 unspecified atom stereocenters. The van der Waals surface area contributed by atoms with Crippen molar-refractivity contribution in [3.8, 4) is 0 Å². The number of carbonyl (C=O) groups excluding carboxylic acids is 1. The molecule has 2 amide bonds. The van der Waals surface area contributed by atoms with Gasteiger partial charge in [0, 0.05) is 17.5 Å². The van der Waals surface area contributed by atoms with E-state index in [0.717, 1.165) is 4.88 Å². The van der Waals surface area contributed by atoms with Gasteiger partial charge in [-0.05, 0) is 32.4 Å². The molecule has 3 N–H and O–H groups in total. The Kier molecular flexibility index (Phi) is 5.74. The Bertz CT molecular complexity index is 370. The minimum Gasteiger partial charge on any atom is -0.396 e. The standard InChI is InChI=1S/C11H17ClN2O2S/c1-7(5-6-15)13-11(16)14-8(2)9-3-4-10(12)17-9/h3-4,7-8,15H,5-6H2,1-2H3,(H2,13,14,16)/t7-,8?/m1/s1. The molecule has 0 aromatic carbocycles. The highest BCUT2D eigenvalue weighted by Crippen LogP contribution is 2.26. The number of nitrogens with one attached hydrogen (secondary N) is 2. The van der Waals surface area contributed by atoms with Gasteiger partial charge in [-0.25, -0.2) is 4.79 Å². The van der Waals surface area contributed by atoms with Crippen LogP contribution in [0.1, 0.15) is 31.2 Å². The summed E-state index contributed by atoms with van der Waals surface area (Å²) in [6.45, 7) is 3.82. The SMILES string of the molecule is CC(NC(=O)N[C@H](C)CCO)c1ccc(Cl)s1. The van der Waals surface area contributed by atoms with E-state index >= 15 is 0 Å². The van der Waals surface area contributed by atoms with Gasteiger partial charge in [-0.1, -0.05) is 11.6 Å². The topological polar surface area (TPSA) is 61.4 Å². The minimum atomic E-state index is -0.233. The van der Waals surface area contributed by atoms with Gasteiger partial charge in [0.1, 0.15) is 0 Å². The molecule has 1 heterocycles. The van der Waals surface area contributed by atoms with Gasteiger partial charge in [0.25, 0.3) is 0 Å². The van der Waals surface area contributed by atoms with Crippen LogP contribution >= 0.6 is 22.9 Å². The smallest absolute Gasteiger partial charge is 0.315 e. The van der Waals surface area contributed by atoms with Crippen LogP contribution in [0, 0.1) is 0 Å². The number of halogens is 1. The average Bonchev–Trinajstić information content (AvgIpc) is 2.64. The number of hydrogen-bond acceptors (Lipinski definition) is 3. The van der Waals surface area contributed by atoms with E-state index < -0.39 is 0 Å². The average molecular weight is 277 g/mol. The van der Waals surface area contributed by atoms with Crippen molar-refractivity contribution in [2.75, 3.05) is 6.61 Å². The maximum atomic E-state index is 11.6. The molecule has 2 atom stereocenters. The number of amides is 2. The maximum Gasteiger partial charge on any atom is 0.315 e. The van der Waals surface area contributed by atoms with Gasteiger partial charge < -0.3 is 15.7 Å². The largest absolute Gasteiger partial charge is 0.396 e. The fourth-order valence-corrected chi connectivity index (χ4v) is 2.42. The number of hydrogen-bond donors (Lipinski definition) is 3. The first-order valence-electron chi connectivity index (χ1n) is 5.46. The predicted octanol–water partition coefficient (Wildman–Crippen LogP) is 2.53. The summed E-state index contributed by atoms with van der Waals surface area (Å²) < 4.78 is 0.711. The molecule has 96 valence electrons. The van der Waals surface area contributed by atoms with Crippen LogP contribution in [0.2, 0.25) is 4.34 Å². The summed E-state index contributed by atoms with van der Waals surface area (Å²) in [6.07, 6.45) is 0.548. The molecule has 1 aromatic rings. The molecule has 0 aliphatic heterocycles. The highest BCUT2D eigenvalue weighted by atomic mass is 35.5. The van der Waals surface area contributed by atoms with E-state index in [-0.39, 0.29) is 24.7 Å². The fourth-order valence-electron chi connectivity index (χ4n) is 1.36. The molecule has 1 rings (SSSR count). The normalized spacial score (nSPS) is 14.1. The van der Waals surface area contributed by atoms with Gasteiger partial charge in [0.15, 0.2) is 0 Å². The van der Waals surface area contributed by atoms with Gasteiger partial charge in [-0.2, -0.15) is 0 Å². The first kappa shape index (κ1) is 14.3. The van der Waals surface area contributed by atoms with E-state index in [4.69, 9.17) is 16.7 Å². The zero-order chi connectivity index (χ0) is 12.8. The molecule has 0 bridgehead atoms. The van der Waals surface area contributed by atoms with Crippen molar-refractivity contribution < 1.29 is 9.90 Å². The molecule has 4 nitrogen and oxygen atoms in total. The molecule has 0 saturated heterocycles. The first-order chi connectivity index (χ1) is 8.02. The van der Waals surface area contributed by atoms with E-state index in [0.29, 0.717) is 10.8 Å². The molecule has 0 saturated carbocycles. The minimum absolute atomic E-state index is 0.0425. The summed E-state index contributed by atoms with van der Waals surface area (Å²) >= 11 is 7.28. The Morgan fingerprint density at radius 1 is 1.47 bits per heavy atom. The number of urea groups is 1. The second-order valence-electron chi connectivity index (χ2n) is 3.89. The molecule has 0 aliphatic rings. The molecule has 0 spiro atoms. The van der Waals surface area contributed by atoms with Crippen LogP contribution in [0.15, 0.2) is 12.1 Å². The van der Waals surface area contributed by atoms with Crippen molar-refractivity contribution in [2.24, 2.45) is 0 Å². The molecule has 0 fully saturated rings. The molecular weight excluding hydrogens is 260 g/mol. The third-order valence-electron chi connectivity index (χ3n) is 2.31. The zero-order valence-electron chi connectivity index (χ0n) is 9.87. The van der Waals surface area contributed by atoms with Crippen LogP contribution < -0.4 is 10.6 Å². The van der Waals surface area contributed by atoms with Crippen molar-refractivity contribution in [2.45, 2.75) is 32.4 Å². The quantitative estimate of drug-likeness (QED) is 0.774. The summed E-state index contributed by atoms with van der Waals surface area (Å²) in [4.78, 5) is 12.6. The molecule has 17 heavy (non-hydrogen) atoms. The fraction of sp³-hybridized carbons (Fsp3) is 0.545. The lowest BCUT2D eigenvalue weighted by molar-refractivity contribution is 0.228. The van der Waals surface area contributed by atoms with E-state index in [2.05, 4.69) is 10.6 Å². The summed E-state index contributed by atoms with van der Waals surface area (Å²) in [5.41, 5.74) is 0. The Morgan fingerprint density at radius 2 is 2.18 bits per heavy atom. The summed E-state index contributed by atoms with van der Waals surface area (Å²) in [7, 11) is 0. The van der Waals surface area contributed by atoms with Crippen molar-refractivity contribution in [1.29, 1.82) is 0 Å². The van der Waals surface area contributed by atoms with Crippen LogP contribution in [-0.4, -0.2) is 23.8 Å². The van der Waals surface area contributed by atoms with Crippen molar-refractivity contribution >= 4 is 29.0 Å². The Labute approximate surface area is 110 Å². The van der Waals surface area contributed by atoms with Gasteiger partial charge in [-0.15, -0.1) is 11.3 Å². The van der Waals surface area contributed by atoms with Crippen LogP contribution in [0.5, 0.6) is 0 Å². The Balaban J connectivity index is 2.40. The van der Waals surface area contributed by atoms with Crippen LogP contribution in [-0.2, 0) is 0 Å². The second-order valence-corrected chi connectivity index (χ2v) is 5.64. The monoisotopic (exact) mass is 276 g/mol. The highest BCUT2D eigenvalue weighted by molar-refractivity contribution is 7.16. The van der Waals surface area contributed by atoms with Gasteiger partial charge in [0.2, 0.25) is 0 Å². The number of aliphatic hydroxyl groups is 1. The zero-order valence-corrected chi connectivity index (χ0v) is 11.4. The number of aliphatic hydroxyl groups excluding tert-OH is 1. The number of rotatable bonds is 5. The number of thiophene rings is 1. The van der Waals surface area contributed by atoms with Gasteiger partial charge in [-0.3, -0.25) is 0 Å². The Morgan fingerprint density at radius 3 is 2.71 bits per heavy atom. The van der Waals surface area contributed by atoms with E-state index in [1.165, 1.54) is 11.3 Å². The Hall–Kier alpha value is -0.780. The third kappa shape index (κ3) is 4.93. The highest BCUT2D eigenvalue weighted by Gasteiger charge is 2.12. The molecule has 0 aliphatic carbocycles. The van der Waals surface area contributed by atoms with Crippen LogP contribution in [0.25, 0.3) is 0 Å². The van der Waals surface area contributed by atoms with Crippen LogP contribution in [0.4, 0.5) is 4.79 Å². The van der Waals surface area contributed by atoms with Crippen molar-refractivity contribution in [3.05, 3.63) is 21.3 Å². The predicted molar refractivity (Wildman–Crippen MR) is 70.6 cm³/mol. The summed E-state index contributed by atoms with van der Waals surface area (Å²) in [5, 5.41) is 14.3. The lowest BCUT2D eigenvalue weighted by atomic mass is 10.2. The third-order valence-corrected chi connectivity index (χ3v) is 3.72. The molecule has 0 radical (unpaired) electrons. The first-order valence-corrected chi connectivity index (χ1v) is 6.65. The van der Waals surface area contributed by atoms with E-state index in [1.807, 2.05) is 26.0 Å². The van der Waals surface area contributed by atoms with E-state index in [9.17, 15) is 4.79 Å². The van der Waals surface area contributed by atoms with Crippen molar-refractivity contribution in [3.63, 3.8) is 0 Å². The van der Waals surface area contributed by atoms with Gasteiger partial charge in [0.05, 0.1) is 10.4 Å². The molecule has 1 aromatic heterocycles. The summed E-state index contributed by atoms with van der Waals surface area (Å²) in [5.74, 6) is 0. The number of carbonyl (C=O) groups is 1. The van der Waals surface area contributed by atoms with E-state index in [1.54, 1.807) is 0 Å². The van der Waals surface area contributed by atoms with Crippen molar-refractivity contribution in [1.82, 2.24) is 10.6 Å². The van der Waals surface area contributed by atoms with Crippen LogP contribution in [0.3, 0.4) is 0 Å². The maximum absolute atomic E-state index is 11.6. The summed E-state index contributed by atoms with van der Waals surface area (Å²) in [6, 6.07) is 3.36. The lowest BCUT2D eigenvalue weighted by Crippen LogP contribution is -2.41.